The van der Waals surface area contributed by atoms with E-state index in [4.69, 9.17) is 5.84 Å². The van der Waals surface area contributed by atoms with Crippen LogP contribution in [0.15, 0.2) is 42.6 Å². The van der Waals surface area contributed by atoms with Gasteiger partial charge in [0.1, 0.15) is 0 Å². The van der Waals surface area contributed by atoms with Crippen molar-refractivity contribution < 1.29 is 0 Å². The average Bonchev–Trinajstić information content (AvgIpc) is 2.39. The Bertz CT molecular complexity index is 514. The molecule has 0 aliphatic carbocycles. The Morgan fingerprint density at radius 3 is 2.89 bits per heavy atom. The van der Waals surface area contributed by atoms with Gasteiger partial charge in [0.25, 0.3) is 0 Å². The number of aryl methyl sites for hydroxylation is 1. The number of thioether (sulfide) groups is 1. The Balaban J connectivity index is 1.88. The molecule has 0 atom stereocenters. The zero-order valence-corrected chi connectivity index (χ0v) is 11.2. The lowest BCUT2D eigenvalue weighted by molar-refractivity contribution is 1.16. The number of anilines is 1. The van der Waals surface area contributed by atoms with Crippen LogP contribution in [0.3, 0.4) is 0 Å². The Morgan fingerprint density at radius 2 is 2.11 bits per heavy atom. The lowest BCUT2D eigenvalue weighted by atomic mass is 10.2. The molecular weight excluding hydrogens is 242 g/mol. The third-order valence-electron chi connectivity index (χ3n) is 2.58. The molecule has 0 bridgehead atoms. The quantitative estimate of drug-likeness (QED) is 0.640. The first-order valence-electron chi connectivity index (χ1n) is 5.83. The number of nitrogen functional groups attached to an aromatic ring is 1. The van der Waals surface area contributed by atoms with Crippen LogP contribution < -0.4 is 11.3 Å². The third-order valence-corrected chi connectivity index (χ3v) is 3.62. The van der Waals surface area contributed by atoms with Gasteiger partial charge in [-0.05, 0) is 24.6 Å². The number of nitrogens with two attached hydrogens (primary N) is 1. The summed E-state index contributed by atoms with van der Waals surface area (Å²) in [6, 6.07) is 12.4. The number of nitrogens with one attached hydrogen (secondary N) is 1. The fourth-order valence-corrected chi connectivity index (χ4v) is 2.61. The molecule has 1 heterocycles. The van der Waals surface area contributed by atoms with Gasteiger partial charge in [0.05, 0.1) is 11.4 Å². The number of nitrogens with zero attached hydrogens (tertiary/aromatic N) is 1. The number of aromatic nitrogens is 1. The maximum Gasteiger partial charge on any atom is 0.0523 e. The molecular formula is C14H17N3S. The van der Waals surface area contributed by atoms with Crippen LogP contribution in [0.5, 0.6) is 0 Å². The van der Waals surface area contributed by atoms with E-state index in [0.717, 1.165) is 22.9 Å². The fraction of sp³-hybridized carbons (Fsp3) is 0.214. The van der Waals surface area contributed by atoms with Crippen LogP contribution >= 0.6 is 11.8 Å². The summed E-state index contributed by atoms with van der Waals surface area (Å²) in [7, 11) is 0. The molecule has 0 aliphatic rings. The zero-order chi connectivity index (χ0) is 12.8. The van der Waals surface area contributed by atoms with Gasteiger partial charge in [-0.2, -0.15) is 11.8 Å². The average molecular weight is 259 g/mol. The molecule has 94 valence electrons. The molecule has 0 saturated carbocycles. The normalized spacial score (nSPS) is 10.3. The van der Waals surface area contributed by atoms with Gasteiger partial charge in [-0.3, -0.25) is 10.8 Å². The molecule has 0 fully saturated rings. The topological polar surface area (TPSA) is 50.9 Å². The van der Waals surface area contributed by atoms with E-state index >= 15 is 0 Å². The highest BCUT2D eigenvalue weighted by Crippen LogP contribution is 2.18. The molecule has 0 unspecified atom stereocenters. The largest absolute Gasteiger partial charge is 0.324 e. The molecule has 4 heteroatoms. The Morgan fingerprint density at radius 1 is 1.22 bits per heavy atom. The predicted molar refractivity (Wildman–Crippen MR) is 78.2 cm³/mol. The van der Waals surface area contributed by atoms with Crippen LogP contribution in [0.4, 0.5) is 5.69 Å². The molecule has 2 aromatic rings. The number of pyridine rings is 1. The van der Waals surface area contributed by atoms with Gasteiger partial charge in [-0.15, -0.1) is 0 Å². The molecule has 2 rings (SSSR count). The molecule has 3 nitrogen and oxygen atoms in total. The number of rotatable bonds is 5. The van der Waals surface area contributed by atoms with Crippen molar-refractivity contribution in [1.29, 1.82) is 0 Å². The molecule has 18 heavy (non-hydrogen) atoms. The summed E-state index contributed by atoms with van der Waals surface area (Å²) < 4.78 is 0. The highest BCUT2D eigenvalue weighted by atomic mass is 32.2. The Labute approximate surface area is 112 Å². The summed E-state index contributed by atoms with van der Waals surface area (Å²) in [6.07, 6.45) is 1.78. The summed E-state index contributed by atoms with van der Waals surface area (Å²) in [5, 5.41) is 0. The van der Waals surface area contributed by atoms with Crippen LogP contribution in [0.1, 0.15) is 16.8 Å². The predicted octanol–water partition coefficient (Wildman–Crippen LogP) is 3.11. The van der Waals surface area contributed by atoms with E-state index in [9.17, 15) is 0 Å². The first-order chi connectivity index (χ1) is 8.78. The third kappa shape index (κ3) is 3.75. The van der Waals surface area contributed by atoms with Gasteiger partial charge in [-0.25, -0.2) is 0 Å². The second-order valence-electron chi connectivity index (χ2n) is 4.16. The van der Waals surface area contributed by atoms with Gasteiger partial charge < -0.3 is 5.43 Å². The van der Waals surface area contributed by atoms with Crippen molar-refractivity contribution in [2.75, 3.05) is 5.43 Å². The minimum absolute atomic E-state index is 0.892. The molecule has 0 spiro atoms. The number of hydrazine groups is 1. The van der Waals surface area contributed by atoms with Gasteiger partial charge in [-0.1, -0.05) is 29.8 Å². The van der Waals surface area contributed by atoms with Gasteiger partial charge in [0, 0.05) is 17.7 Å². The van der Waals surface area contributed by atoms with Crippen molar-refractivity contribution in [2.24, 2.45) is 5.84 Å². The standard InChI is InChI=1S/C14H17N3S/c1-11-3-2-4-12(7-11)9-18-10-14-8-13(17-15)5-6-16-14/h2-8H,9-10,15H2,1H3,(H,16,17). The van der Waals surface area contributed by atoms with E-state index in [0.29, 0.717) is 0 Å². The van der Waals surface area contributed by atoms with Crippen molar-refractivity contribution >= 4 is 17.4 Å². The summed E-state index contributed by atoms with van der Waals surface area (Å²) in [4.78, 5) is 4.32. The molecule has 0 amide bonds. The van der Waals surface area contributed by atoms with Crippen molar-refractivity contribution in [1.82, 2.24) is 4.98 Å². The van der Waals surface area contributed by atoms with Crippen LogP contribution in [0.2, 0.25) is 0 Å². The van der Waals surface area contributed by atoms with Crippen molar-refractivity contribution in [3.05, 3.63) is 59.4 Å². The number of benzene rings is 1. The molecule has 0 aliphatic heterocycles. The molecule has 3 N–H and O–H groups in total. The minimum Gasteiger partial charge on any atom is -0.324 e. The molecule has 1 aromatic carbocycles. The lowest BCUT2D eigenvalue weighted by Gasteiger charge is -2.05. The first kappa shape index (κ1) is 12.9. The second-order valence-corrected chi connectivity index (χ2v) is 5.15. The van der Waals surface area contributed by atoms with Crippen LogP contribution in [0.25, 0.3) is 0 Å². The van der Waals surface area contributed by atoms with E-state index in [1.807, 2.05) is 23.9 Å². The number of hydrogen-bond acceptors (Lipinski definition) is 4. The lowest BCUT2D eigenvalue weighted by Crippen LogP contribution is -2.07. The van der Waals surface area contributed by atoms with E-state index in [2.05, 4.69) is 41.6 Å². The fourth-order valence-electron chi connectivity index (χ4n) is 1.72. The van der Waals surface area contributed by atoms with Crippen molar-refractivity contribution in [3.8, 4) is 0 Å². The highest BCUT2D eigenvalue weighted by Gasteiger charge is 1.98. The summed E-state index contributed by atoms with van der Waals surface area (Å²) in [6.45, 7) is 2.12. The van der Waals surface area contributed by atoms with E-state index < -0.39 is 0 Å². The SMILES string of the molecule is Cc1cccc(CSCc2cc(NN)ccn2)c1. The van der Waals surface area contributed by atoms with Crippen LogP contribution in [0, 0.1) is 6.92 Å². The molecule has 0 saturated heterocycles. The smallest absolute Gasteiger partial charge is 0.0523 e. The zero-order valence-electron chi connectivity index (χ0n) is 10.4. The van der Waals surface area contributed by atoms with Crippen LogP contribution in [-0.2, 0) is 11.5 Å². The molecule has 1 aromatic heterocycles. The van der Waals surface area contributed by atoms with Gasteiger partial charge in [0.2, 0.25) is 0 Å². The first-order valence-corrected chi connectivity index (χ1v) is 6.98. The van der Waals surface area contributed by atoms with Gasteiger partial charge in [0.15, 0.2) is 0 Å². The highest BCUT2D eigenvalue weighted by molar-refractivity contribution is 7.97. The van der Waals surface area contributed by atoms with Crippen molar-refractivity contribution in [3.63, 3.8) is 0 Å². The van der Waals surface area contributed by atoms with E-state index in [1.54, 1.807) is 6.20 Å². The molecule has 0 radical (unpaired) electrons. The second kappa shape index (κ2) is 6.42. The Hall–Kier alpha value is -1.52. The summed E-state index contributed by atoms with van der Waals surface area (Å²) in [5.74, 6) is 7.27. The number of hydrogen-bond donors (Lipinski definition) is 2. The minimum atomic E-state index is 0.892. The maximum absolute atomic E-state index is 5.37. The van der Waals surface area contributed by atoms with E-state index in [1.165, 1.54) is 11.1 Å². The summed E-state index contributed by atoms with van der Waals surface area (Å²) in [5.41, 5.74) is 7.24. The monoisotopic (exact) mass is 259 g/mol. The van der Waals surface area contributed by atoms with E-state index in [-0.39, 0.29) is 0 Å². The Kier molecular flexibility index (Phi) is 4.61. The van der Waals surface area contributed by atoms with Crippen LogP contribution in [-0.4, -0.2) is 4.98 Å². The van der Waals surface area contributed by atoms with Crippen molar-refractivity contribution in [2.45, 2.75) is 18.4 Å². The van der Waals surface area contributed by atoms with Gasteiger partial charge >= 0.3 is 0 Å². The maximum atomic E-state index is 5.37. The summed E-state index contributed by atoms with van der Waals surface area (Å²) >= 11 is 1.86.